The van der Waals surface area contributed by atoms with Crippen molar-refractivity contribution < 1.29 is 14.3 Å². The second-order valence-electron chi connectivity index (χ2n) is 8.64. The van der Waals surface area contributed by atoms with Crippen molar-refractivity contribution in [2.75, 3.05) is 19.6 Å². The molecule has 2 amide bonds. The van der Waals surface area contributed by atoms with E-state index in [0.717, 1.165) is 70.9 Å². The maximum absolute atomic E-state index is 13.2. The van der Waals surface area contributed by atoms with Gasteiger partial charge in [-0.25, -0.2) is 0 Å². The summed E-state index contributed by atoms with van der Waals surface area (Å²) >= 11 is 0. The minimum atomic E-state index is -0.0441. The van der Waals surface area contributed by atoms with Gasteiger partial charge in [0.05, 0.1) is 11.6 Å². The van der Waals surface area contributed by atoms with Crippen molar-refractivity contribution >= 4 is 11.8 Å². The molecule has 3 rings (SSSR count). The van der Waals surface area contributed by atoms with Gasteiger partial charge in [0.1, 0.15) is 11.9 Å². The number of nitrogens with zero attached hydrogens (tertiary/aromatic N) is 2. The van der Waals surface area contributed by atoms with Crippen LogP contribution in [0.1, 0.15) is 88.4 Å². The normalized spacial score (nSPS) is 22.9. The Morgan fingerprint density at radius 2 is 1.80 bits per heavy atom. The minimum absolute atomic E-state index is 0.0441. The van der Waals surface area contributed by atoms with E-state index in [-0.39, 0.29) is 24.0 Å². The van der Waals surface area contributed by atoms with Crippen LogP contribution in [-0.4, -0.2) is 53.4 Å². The third-order valence-corrected chi connectivity index (χ3v) is 6.52. The van der Waals surface area contributed by atoms with E-state index in [0.29, 0.717) is 24.3 Å². The van der Waals surface area contributed by atoms with Crippen LogP contribution in [-0.2, 0) is 4.79 Å². The van der Waals surface area contributed by atoms with E-state index in [1.54, 1.807) is 0 Å². The summed E-state index contributed by atoms with van der Waals surface area (Å²) < 4.78 is 6.50. The van der Waals surface area contributed by atoms with Crippen LogP contribution in [0.4, 0.5) is 0 Å². The molecule has 1 aliphatic carbocycles. The third kappa shape index (κ3) is 5.55. The van der Waals surface area contributed by atoms with Crippen molar-refractivity contribution in [3.05, 3.63) is 29.8 Å². The molecule has 2 atom stereocenters. The lowest BCUT2D eigenvalue weighted by molar-refractivity contribution is -0.137. The van der Waals surface area contributed by atoms with Gasteiger partial charge in [-0.1, -0.05) is 38.3 Å². The number of para-hydroxylation sites is 1. The molecular weight excluding hydrogens is 376 g/mol. The van der Waals surface area contributed by atoms with Crippen molar-refractivity contribution in [1.29, 1.82) is 0 Å². The predicted molar refractivity (Wildman–Crippen MR) is 120 cm³/mol. The van der Waals surface area contributed by atoms with E-state index in [1.165, 1.54) is 0 Å². The first-order valence-corrected chi connectivity index (χ1v) is 12.0. The van der Waals surface area contributed by atoms with Crippen molar-refractivity contribution in [1.82, 2.24) is 9.80 Å². The molecule has 30 heavy (non-hydrogen) atoms. The Hall–Kier alpha value is -2.04. The van der Waals surface area contributed by atoms with Gasteiger partial charge in [-0.15, -0.1) is 0 Å². The Bertz CT molecular complexity index is 705. The molecule has 0 aromatic heterocycles. The molecule has 0 spiro atoms. The lowest BCUT2D eigenvalue weighted by Gasteiger charge is -2.41. The fourth-order valence-corrected chi connectivity index (χ4v) is 4.78. The van der Waals surface area contributed by atoms with E-state index in [4.69, 9.17) is 4.74 Å². The highest BCUT2D eigenvalue weighted by Gasteiger charge is 2.35. The van der Waals surface area contributed by atoms with E-state index in [9.17, 15) is 9.59 Å². The van der Waals surface area contributed by atoms with Crippen molar-refractivity contribution in [3.8, 4) is 5.75 Å². The molecule has 5 nitrogen and oxygen atoms in total. The molecule has 0 N–H and O–H groups in total. The molecule has 1 saturated carbocycles. The van der Waals surface area contributed by atoms with Crippen LogP contribution < -0.4 is 4.74 Å². The van der Waals surface area contributed by atoms with Gasteiger partial charge in [-0.05, 0) is 57.6 Å². The molecule has 1 aliphatic heterocycles. The molecule has 1 aromatic rings. The van der Waals surface area contributed by atoms with Gasteiger partial charge < -0.3 is 14.5 Å². The van der Waals surface area contributed by atoms with Crippen molar-refractivity contribution in [2.24, 2.45) is 0 Å². The molecule has 0 saturated heterocycles. The van der Waals surface area contributed by atoms with Gasteiger partial charge in [0.2, 0.25) is 5.91 Å². The highest BCUT2D eigenvalue weighted by atomic mass is 16.5. The SMILES string of the molecule is CCCCCC(=O)N1CCCCN(CC)C(=O)c2ccccc2O[C@H]2CCCC[C@H]21. The highest BCUT2D eigenvalue weighted by molar-refractivity contribution is 5.97. The Morgan fingerprint density at radius 1 is 1.03 bits per heavy atom. The number of hydrogen-bond donors (Lipinski definition) is 0. The maximum Gasteiger partial charge on any atom is 0.257 e. The molecule has 2 aliphatic rings. The summed E-state index contributed by atoms with van der Waals surface area (Å²) in [6, 6.07) is 7.73. The van der Waals surface area contributed by atoms with E-state index in [2.05, 4.69) is 11.8 Å². The Balaban J connectivity index is 1.88. The zero-order valence-corrected chi connectivity index (χ0v) is 18.8. The first-order chi connectivity index (χ1) is 14.7. The second-order valence-corrected chi connectivity index (χ2v) is 8.64. The Morgan fingerprint density at radius 3 is 2.60 bits per heavy atom. The van der Waals surface area contributed by atoms with Gasteiger partial charge in [0, 0.05) is 26.1 Å². The van der Waals surface area contributed by atoms with E-state index in [1.807, 2.05) is 36.1 Å². The summed E-state index contributed by atoms with van der Waals surface area (Å²) in [7, 11) is 0. The highest BCUT2D eigenvalue weighted by Crippen LogP contribution is 2.31. The number of ether oxygens (including phenoxy) is 1. The zero-order valence-electron chi connectivity index (χ0n) is 18.8. The average Bonchev–Trinajstić information content (AvgIpc) is 2.76. The zero-order chi connectivity index (χ0) is 21.3. The van der Waals surface area contributed by atoms with Crippen LogP contribution in [0.2, 0.25) is 0 Å². The topological polar surface area (TPSA) is 49.9 Å². The largest absolute Gasteiger partial charge is 0.487 e. The number of unbranched alkanes of at least 4 members (excludes halogenated alkanes) is 2. The second kappa shape index (κ2) is 11.4. The number of rotatable bonds is 5. The van der Waals surface area contributed by atoms with Gasteiger partial charge in [-0.3, -0.25) is 9.59 Å². The third-order valence-electron chi connectivity index (χ3n) is 6.52. The number of benzene rings is 1. The molecule has 0 unspecified atom stereocenters. The van der Waals surface area contributed by atoms with Crippen LogP contribution >= 0.6 is 0 Å². The van der Waals surface area contributed by atoms with Gasteiger partial charge >= 0.3 is 0 Å². The molecule has 1 aromatic carbocycles. The fraction of sp³-hybridized carbons (Fsp3) is 0.680. The van der Waals surface area contributed by atoms with Crippen LogP contribution in [0.5, 0.6) is 5.75 Å². The number of carbonyl (C=O) groups is 2. The van der Waals surface area contributed by atoms with Gasteiger partial charge in [0.25, 0.3) is 5.91 Å². The summed E-state index contributed by atoms with van der Waals surface area (Å²) in [6.45, 7) is 6.36. The smallest absolute Gasteiger partial charge is 0.257 e. The first-order valence-electron chi connectivity index (χ1n) is 12.0. The van der Waals surface area contributed by atoms with Crippen LogP contribution in [0.25, 0.3) is 0 Å². The van der Waals surface area contributed by atoms with Gasteiger partial charge in [0.15, 0.2) is 0 Å². The van der Waals surface area contributed by atoms with Gasteiger partial charge in [-0.2, -0.15) is 0 Å². The maximum atomic E-state index is 13.2. The standard InChI is InChI=1S/C25H38N2O3/c1-3-5-6-17-24(28)27-19-12-11-18-26(4-2)25(29)20-13-7-9-15-22(20)30-23-16-10-8-14-21(23)27/h7,9,13,15,21,23H,3-6,8,10-12,14,16-19H2,1-2H3/t21-,23+/m1/s1. The summed E-state index contributed by atoms with van der Waals surface area (Å²) in [6.07, 6.45) is 9.78. The number of carbonyl (C=O) groups excluding carboxylic acids is 2. The molecule has 0 radical (unpaired) electrons. The van der Waals surface area contributed by atoms with E-state index >= 15 is 0 Å². The minimum Gasteiger partial charge on any atom is -0.487 e. The summed E-state index contributed by atoms with van der Waals surface area (Å²) in [5.41, 5.74) is 0.644. The van der Waals surface area contributed by atoms with Crippen molar-refractivity contribution in [2.45, 2.75) is 90.2 Å². The Kier molecular flexibility index (Phi) is 8.59. The van der Waals surface area contributed by atoms with E-state index < -0.39 is 0 Å². The number of hydrogen-bond acceptors (Lipinski definition) is 3. The monoisotopic (exact) mass is 414 g/mol. The average molecular weight is 415 g/mol. The summed E-state index contributed by atoms with van der Waals surface area (Å²) in [5.74, 6) is 0.989. The summed E-state index contributed by atoms with van der Waals surface area (Å²) in [5, 5.41) is 0. The molecule has 1 fully saturated rings. The molecule has 0 bridgehead atoms. The molecule has 5 heteroatoms. The molecule has 1 heterocycles. The number of amides is 2. The fourth-order valence-electron chi connectivity index (χ4n) is 4.78. The molecule has 166 valence electrons. The lowest BCUT2D eigenvalue weighted by atomic mass is 9.90. The lowest BCUT2D eigenvalue weighted by Crippen LogP contribution is -2.51. The number of fused-ring (bicyclic) bond motifs is 2. The van der Waals surface area contributed by atoms with Crippen LogP contribution in [0, 0.1) is 0 Å². The summed E-state index contributed by atoms with van der Waals surface area (Å²) in [4.78, 5) is 30.3. The quantitative estimate of drug-likeness (QED) is 0.634. The predicted octanol–water partition coefficient (Wildman–Crippen LogP) is 5.04. The molecular formula is C25H38N2O3. The van der Waals surface area contributed by atoms with Crippen LogP contribution in [0.15, 0.2) is 24.3 Å². The van der Waals surface area contributed by atoms with Crippen molar-refractivity contribution in [3.63, 3.8) is 0 Å². The van der Waals surface area contributed by atoms with Crippen LogP contribution in [0.3, 0.4) is 0 Å². The first kappa shape index (κ1) is 22.6. The Labute approximate surface area is 181 Å².